The van der Waals surface area contributed by atoms with Gasteiger partial charge in [-0.25, -0.2) is 4.98 Å². The number of hydrogen-bond acceptors (Lipinski definition) is 7. The predicted octanol–water partition coefficient (Wildman–Crippen LogP) is 5.04. The molecule has 0 saturated heterocycles. The summed E-state index contributed by atoms with van der Waals surface area (Å²) in [6.45, 7) is 0. The van der Waals surface area contributed by atoms with Crippen molar-refractivity contribution in [2.75, 3.05) is 26.8 Å². The highest BCUT2D eigenvalue weighted by molar-refractivity contribution is 9.10. The SMILES string of the molecule is COc1cccc(-c2csc(N/N=C\c3cc(Br)c(OC)c(OC)c3)n2)c1. The van der Waals surface area contributed by atoms with Crippen molar-refractivity contribution in [1.29, 1.82) is 0 Å². The second-order valence-electron chi connectivity index (χ2n) is 5.38. The minimum absolute atomic E-state index is 0.628. The lowest BCUT2D eigenvalue weighted by molar-refractivity contribution is 0.353. The van der Waals surface area contributed by atoms with Crippen LogP contribution in [0, 0.1) is 0 Å². The van der Waals surface area contributed by atoms with Gasteiger partial charge < -0.3 is 14.2 Å². The van der Waals surface area contributed by atoms with Crippen molar-refractivity contribution >= 4 is 38.6 Å². The van der Waals surface area contributed by atoms with Crippen LogP contribution in [0.2, 0.25) is 0 Å². The molecule has 6 nitrogen and oxygen atoms in total. The number of halogens is 1. The van der Waals surface area contributed by atoms with Gasteiger partial charge in [-0.3, -0.25) is 5.43 Å². The molecular weight excluding hydrogens is 430 g/mol. The summed E-state index contributed by atoms with van der Waals surface area (Å²) in [4.78, 5) is 4.55. The summed E-state index contributed by atoms with van der Waals surface area (Å²) in [6.07, 6.45) is 1.69. The van der Waals surface area contributed by atoms with E-state index in [1.807, 2.05) is 41.8 Å². The first kappa shape index (κ1) is 19.2. The fourth-order valence-electron chi connectivity index (χ4n) is 2.41. The topological polar surface area (TPSA) is 65.0 Å². The van der Waals surface area contributed by atoms with Crippen LogP contribution in [-0.4, -0.2) is 32.5 Å². The van der Waals surface area contributed by atoms with E-state index < -0.39 is 0 Å². The first-order valence-corrected chi connectivity index (χ1v) is 9.62. The Morgan fingerprint density at radius 1 is 1.11 bits per heavy atom. The smallest absolute Gasteiger partial charge is 0.203 e. The number of nitrogens with one attached hydrogen (secondary N) is 1. The average molecular weight is 448 g/mol. The molecule has 0 unspecified atom stereocenters. The van der Waals surface area contributed by atoms with Crippen molar-refractivity contribution in [1.82, 2.24) is 4.98 Å². The predicted molar refractivity (Wildman–Crippen MR) is 113 cm³/mol. The summed E-state index contributed by atoms with van der Waals surface area (Å²) in [6, 6.07) is 11.5. The minimum Gasteiger partial charge on any atom is -0.497 e. The molecule has 0 bridgehead atoms. The number of hydrazone groups is 1. The highest BCUT2D eigenvalue weighted by Gasteiger charge is 2.10. The van der Waals surface area contributed by atoms with E-state index in [1.54, 1.807) is 27.5 Å². The summed E-state index contributed by atoms with van der Waals surface area (Å²) in [5.74, 6) is 2.07. The van der Waals surface area contributed by atoms with E-state index in [0.717, 1.165) is 27.0 Å². The number of anilines is 1. The Labute approximate surface area is 169 Å². The van der Waals surface area contributed by atoms with E-state index >= 15 is 0 Å². The number of thiazole rings is 1. The van der Waals surface area contributed by atoms with Crippen LogP contribution in [0.4, 0.5) is 5.13 Å². The maximum absolute atomic E-state index is 5.34. The van der Waals surface area contributed by atoms with E-state index in [0.29, 0.717) is 16.6 Å². The van der Waals surface area contributed by atoms with Crippen molar-refractivity contribution in [3.05, 3.63) is 51.8 Å². The van der Waals surface area contributed by atoms with Crippen LogP contribution in [0.15, 0.2) is 51.4 Å². The zero-order chi connectivity index (χ0) is 19.2. The van der Waals surface area contributed by atoms with E-state index in [1.165, 1.54) is 11.3 Å². The van der Waals surface area contributed by atoms with Gasteiger partial charge in [-0.05, 0) is 45.8 Å². The maximum atomic E-state index is 5.34. The van der Waals surface area contributed by atoms with Crippen LogP contribution in [0.3, 0.4) is 0 Å². The standard InChI is InChI=1S/C19H18BrN3O3S/c1-24-14-6-4-5-13(9-14)16-11-27-19(22-16)23-21-10-12-7-15(20)18(26-3)17(8-12)25-2/h4-11H,1-3H3,(H,22,23)/b21-10-. The molecule has 0 saturated carbocycles. The van der Waals surface area contributed by atoms with Gasteiger partial charge in [0.25, 0.3) is 0 Å². The molecule has 1 heterocycles. The number of nitrogens with zero attached hydrogens (tertiary/aromatic N) is 2. The van der Waals surface area contributed by atoms with E-state index in [2.05, 4.69) is 31.4 Å². The molecule has 0 aliphatic rings. The highest BCUT2D eigenvalue weighted by atomic mass is 79.9. The van der Waals surface area contributed by atoms with E-state index in [4.69, 9.17) is 14.2 Å². The van der Waals surface area contributed by atoms with Crippen LogP contribution in [0.1, 0.15) is 5.56 Å². The third-order valence-corrected chi connectivity index (χ3v) is 5.04. The normalized spacial score (nSPS) is 10.8. The number of ether oxygens (including phenoxy) is 3. The first-order chi connectivity index (χ1) is 13.1. The Kier molecular flexibility index (Phi) is 6.31. The maximum Gasteiger partial charge on any atom is 0.203 e. The van der Waals surface area contributed by atoms with E-state index in [-0.39, 0.29) is 0 Å². The summed E-state index contributed by atoms with van der Waals surface area (Å²) in [7, 11) is 4.84. The number of benzene rings is 2. The lowest BCUT2D eigenvalue weighted by atomic mass is 10.2. The molecule has 27 heavy (non-hydrogen) atoms. The van der Waals surface area contributed by atoms with Crippen molar-refractivity contribution in [2.24, 2.45) is 5.10 Å². The fourth-order valence-corrected chi connectivity index (χ4v) is 3.70. The van der Waals surface area contributed by atoms with Crippen molar-refractivity contribution in [3.63, 3.8) is 0 Å². The van der Waals surface area contributed by atoms with Gasteiger partial charge >= 0.3 is 0 Å². The summed E-state index contributed by atoms with van der Waals surface area (Å²) in [5, 5.41) is 6.93. The Hall–Kier alpha value is -2.58. The molecule has 0 fully saturated rings. The molecule has 0 amide bonds. The molecule has 3 rings (SSSR count). The van der Waals surface area contributed by atoms with Crippen molar-refractivity contribution in [2.45, 2.75) is 0 Å². The second-order valence-corrected chi connectivity index (χ2v) is 7.09. The van der Waals surface area contributed by atoms with E-state index in [9.17, 15) is 0 Å². The zero-order valence-corrected chi connectivity index (χ0v) is 17.4. The lowest BCUT2D eigenvalue weighted by Gasteiger charge is -2.10. The van der Waals surface area contributed by atoms with Crippen molar-refractivity contribution in [3.8, 4) is 28.5 Å². The van der Waals surface area contributed by atoms with Crippen LogP contribution in [-0.2, 0) is 0 Å². The van der Waals surface area contributed by atoms with Crippen LogP contribution in [0.5, 0.6) is 17.2 Å². The molecular formula is C19H18BrN3O3S. The first-order valence-electron chi connectivity index (χ1n) is 7.95. The van der Waals surface area contributed by atoms with Crippen LogP contribution in [0.25, 0.3) is 11.3 Å². The summed E-state index contributed by atoms with van der Waals surface area (Å²) in [5.41, 5.74) is 5.67. The third-order valence-electron chi connectivity index (χ3n) is 3.70. The summed E-state index contributed by atoms with van der Waals surface area (Å²) >= 11 is 4.95. The molecule has 140 valence electrons. The monoisotopic (exact) mass is 447 g/mol. The molecule has 1 aromatic heterocycles. The van der Waals surface area contributed by atoms with Gasteiger partial charge in [-0.15, -0.1) is 11.3 Å². The number of aromatic nitrogens is 1. The Morgan fingerprint density at radius 2 is 1.96 bits per heavy atom. The van der Waals surface area contributed by atoms with Gasteiger partial charge in [-0.1, -0.05) is 12.1 Å². The molecule has 0 aliphatic carbocycles. The zero-order valence-electron chi connectivity index (χ0n) is 15.0. The number of hydrogen-bond donors (Lipinski definition) is 1. The quantitative estimate of drug-likeness (QED) is 0.405. The lowest BCUT2D eigenvalue weighted by Crippen LogP contribution is -1.95. The molecule has 8 heteroatoms. The Morgan fingerprint density at radius 3 is 2.70 bits per heavy atom. The summed E-state index contributed by atoms with van der Waals surface area (Å²) < 4.78 is 16.7. The average Bonchev–Trinajstić information content (AvgIpc) is 3.16. The fraction of sp³-hybridized carbons (Fsp3) is 0.158. The van der Waals surface area contributed by atoms with Gasteiger partial charge in [0.05, 0.1) is 37.7 Å². The number of methoxy groups -OCH3 is 3. The molecule has 3 aromatic rings. The Bertz CT molecular complexity index is 959. The third kappa shape index (κ3) is 4.58. The molecule has 2 aromatic carbocycles. The van der Waals surface area contributed by atoms with Gasteiger partial charge in [0, 0.05) is 10.9 Å². The molecule has 1 N–H and O–H groups in total. The molecule has 0 radical (unpaired) electrons. The molecule has 0 spiro atoms. The largest absolute Gasteiger partial charge is 0.497 e. The van der Waals surface area contributed by atoms with Gasteiger partial charge in [0.2, 0.25) is 5.13 Å². The van der Waals surface area contributed by atoms with Crippen LogP contribution >= 0.6 is 27.3 Å². The van der Waals surface area contributed by atoms with Crippen LogP contribution < -0.4 is 19.6 Å². The molecule has 0 atom stereocenters. The second kappa shape index (κ2) is 8.88. The van der Waals surface area contributed by atoms with Gasteiger partial charge in [0.15, 0.2) is 11.5 Å². The molecule has 0 aliphatic heterocycles. The van der Waals surface area contributed by atoms with Crippen molar-refractivity contribution < 1.29 is 14.2 Å². The van der Waals surface area contributed by atoms with Gasteiger partial charge in [0.1, 0.15) is 5.75 Å². The highest BCUT2D eigenvalue weighted by Crippen LogP contribution is 2.35. The minimum atomic E-state index is 0.628. The number of rotatable bonds is 7. The van der Waals surface area contributed by atoms with Gasteiger partial charge in [-0.2, -0.15) is 5.10 Å². The Balaban J connectivity index is 1.72.